The van der Waals surface area contributed by atoms with Crippen molar-refractivity contribution >= 4 is 32.7 Å². The smallest absolute Gasteiger partial charge is 0.261 e. The number of rotatable bonds is 7. The van der Waals surface area contributed by atoms with Gasteiger partial charge < -0.3 is 5.32 Å². The highest BCUT2D eigenvalue weighted by atomic mass is 79.9. The number of amides is 1. The second-order valence-corrected chi connectivity index (χ2v) is 6.54. The van der Waals surface area contributed by atoms with Gasteiger partial charge in [-0.25, -0.2) is 4.98 Å². The summed E-state index contributed by atoms with van der Waals surface area (Å²) in [5.74, 6) is -0.0818. The normalized spacial score (nSPS) is 10.9. The summed E-state index contributed by atoms with van der Waals surface area (Å²) in [7, 11) is 0. The maximum atomic E-state index is 12.4. The zero-order chi connectivity index (χ0) is 17.6. The summed E-state index contributed by atoms with van der Waals surface area (Å²) in [5, 5.41) is 7.50. The molecule has 0 aliphatic rings. The molecule has 0 fully saturated rings. The molecule has 0 radical (unpaired) electrons. The Balaban J connectivity index is 1.51. The molecule has 0 bridgehead atoms. The van der Waals surface area contributed by atoms with Gasteiger partial charge in [0.15, 0.2) is 0 Å². The van der Waals surface area contributed by atoms with Crippen molar-refractivity contribution < 1.29 is 4.79 Å². The molecule has 0 aliphatic heterocycles. The Bertz CT molecular complexity index is 920. The number of nitrogens with one attached hydrogen (secondary N) is 1. The molecular formula is C17H18BrN5O2. The maximum absolute atomic E-state index is 12.4. The molecule has 0 atom stereocenters. The lowest BCUT2D eigenvalue weighted by Gasteiger charge is -2.08. The van der Waals surface area contributed by atoms with Crippen molar-refractivity contribution in [3.63, 3.8) is 0 Å². The highest BCUT2D eigenvalue weighted by Crippen LogP contribution is 2.14. The first-order valence-electron chi connectivity index (χ1n) is 8.02. The van der Waals surface area contributed by atoms with Crippen LogP contribution in [0.2, 0.25) is 0 Å². The van der Waals surface area contributed by atoms with Gasteiger partial charge >= 0.3 is 0 Å². The molecule has 1 N–H and O–H groups in total. The van der Waals surface area contributed by atoms with Crippen molar-refractivity contribution in [2.45, 2.75) is 25.9 Å². The molecule has 0 unspecified atom stereocenters. The summed E-state index contributed by atoms with van der Waals surface area (Å²) in [5.41, 5.74) is 0.505. The van der Waals surface area contributed by atoms with Crippen LogP contribution in [0.25, 0.3) is 10.9 Å². The molecule has 3 aromatic rings. The van der Waals surface area contributed by atoms with Gasteiger partial charge in [0.25, 0.3) is 5.56 Å². The van der Waals surface area contributed by atoms with Crippen LogP contribution < -0.4 is 10.9 Å². The first-order valence-corrected chi connectivity index (χ1v) is 8.81. The largest absolute Gasteiger partial charge is 0.356 e. The number of halogens is 1. The van der Waals surface area contributed by atoms with Gasteiger partial charge in [-0.05, 0) is 30.7 Å². The number of aryl methyl sites for hydroxylation is 2. The van der Waals surface area contributed by atoms with E-state index in [1.165, 1.54) is 10.9 Å². The van der Waals surface area contributed by atoms with Gasteiger partial charge in [-0.1, -0.05) is 15.9 Å². The number of benzene rings is 1. The van der Waals surface area contributed by atoms with Crippen LogP contribution in [-0.4, -0.2) is 31.8 Å². The molecule has 3 rings (SSSR count). The Morgan fingerprint density at radius 3 is 2.96 bits per heavy atom. The van der Waals surface area contributed by atoms with Gasteiger partial charge in [-0.15, -0.1) is 0 Å². The fourth-order valence-corrected chi connectivity index (χ4v) is 2.86. The monoisotopic (exact) mass is 403 g/mol. The molecule has 1 aromatic carbocycles. The number of hydrogen-bond acceptors (Lipinski definition) is 4. The van der Waals surface area contributed by atoms with E-state index in [2.05, 4.69) is 31.3 Å². The van der Waals surface area contributed by atoms with E-state index in [1.54, 1.807) is 18.3 Å². The van der Waals surface area contributed by atoms with Crippen molar-refractivity contribution in [1.29, 1.82) is 0 Å². The average Bonchev–Trinajstić information content (AvgIpc) is 3.12. The van der Waals surface area contributed by atoms with Crippen molar-refractivity contribution in [2.75, 3.05) is 6.54 Å². The van der Waals surface area contributed by atoms with E-state index in [0.717, 1.165) is 17.4 Å². The second-order valence-electron chi connectivity index (χ2n) is 5.63. The molecular weight excluding hydrogens is 386 g/mol. The van der Waals surface area contributed by atoms with E-state index in [-0.39, 0.29) is 17.9 Å². The fourth-order valence-electron chi connectivity index (χ4n) is 2.50. The van der Waals surface area contributed by atoms with E-state index >= 15 is 0 Å². The van der Waals surface area contributed by atoms with Crippen LogP contribution >= 0.6 is 15.9 Å². The van der Waals surface area contributed by atoms with Crippen LogP contribution in [0.3, 0.4) is 0 Å². The first-order chi connectivity index (χ1) is 12.1. The third kappa shape index (κ3) is 4.54. The van der Waals surface area contributed by atoms with Gasteiger partial charge in [-0.3, -0.25) is 18.8 Å². The van der Waals surface area contributed by atoms with Gasteiger partial charge in [0.05, 0.1) is 17.2 Å². The number of hydrogen-bond donors (Lipinski definition) is 1. The van der Waals surface area contributed by atoms with Crippen molar-refractivity contribution in [3.8, 4) is 0 Å². The number of aromatic nitrogens is 4. The Hall–Kier alpha value is -2.48. The van der Waals surface area contributed by atoms with Crippen molar-refractivity contribution in [2.24, 2.45) is 0 Å². The Kier molecular flexibility index (Phi) is 5.60. The zero-order valence-corrected chi connectivity index (χ0v) is 15.1. The molecule has 0 saturated heterocycles. The molecule has 7 nitrogen and oxygen atoms in total. The SMILES string of the molecule is O=C(CCn1cnc2ccc(Br)cc2c1=O)NCCCn1cccn1. The molecule has 0 saturated carbocycles. The van der Waals surface area contributed by atoms with Crippen LogP contribution in [-0.2, 0) is 17.9 Å². The summed E-state index contributed by atoms with van der Waals surface area (Å²) in [6.07, 6.45) is 6.15. The summed E-state index contributed by atoms with van der Waals surface area (Å²) in [4.78, 5) is 28.6. The number of carbonyl (C=O) groups excluding carboxylic acids is 1. The number of nitrogens with zero attached hydrogens (tertiary/aromatic N) is 4. The zero-order valence-electron chi connectivity index (χ0n) is 13.6. The Morgan fingerprint density at radius 2 is 2.16 bits per heavy atom. The van der Waals surface area contributed by atoms with E-state index in [9.17, 15) is 9.59 Å². The third-order valence-electron chi connectivity index (χ3n) is 3.81. The molecule has 25 heavy (non-hydrogen) atoms. The predicted octanol–water partition coefficient (Wildman–Crippen LogP) is 1.95. The summed E-state index contributed by atoms with van der Waals surface area (Å²) >= 11 is 3.36. The summed E-state index contributed by atoms with van der Waals surface area (Å²) in [6, 6.07) is 7.25. The second kappa shape index (κ2) is 8.06. The molecule has 8 heteroatoms. The third-order valence-corrected chi connectivity index (χ3v) is 4.30. The van der Waals surface area contributed by atoms with Gasteiger partial charge in [0.1, 0.15) is 0 Å². The first kappa shape index (κ1) is 17.3. The van der Waals surface area contributed by atoms with Gasteiger partial charge in [0.2, 0.25) is 5.91 Å². The lowest BCUT2D eigenvalue weighted by Crippen LogP contribution is -2.28. The van der Waals surface area contributed by atoms with Crippen molar-refractivity contribution in [1.82, 2.24) is 24.6 Å². The van der Waals surface area contributed by atoms with Crippen LogP contribution in [0.1, 0.15) is 12.8 Å². The summed E-state index contributed by atoms with van der Waals surface area (Å²) < 4.78 is 4.12. The molecule has 0 aliphatic carbocycles. The van der Waals surface area contributed by atoms with E-state index in [0.29, 0.717) is 24.0 Å². The van der Waals surface area contributed by atoms with Crippen LogP contribution in [0, 0.1) is 0 Å². The predicted molar refractivity (Wildman–Crippen MR) is 98.2 cm³/mol. The topological polar surface area (TPSA) is 81.8 Å². The minimum atomic E-state index is -0.141. The highest BCUT2D eigenvalue weighted by molar-refractivity contribution is 9.10. The van der Waals surface area contributed by atoms with E-state index in [4.69, 9.17) is 0 Å². The van der Waals surface area contributed by atoms with E-state index < -0.39 is 0 Å². The minimum absolute atomic E-state index is 0.0818. The van der Waals surface area contributed by atoms with Crippen LogP contribution in [0.15, 0.2) is 52.3 Å². The fraction of sp³-hybridized carbons (Fsp3) is 0.294. The molecule has 2 heterocycles. The molecule has 2 aromatic heterocycles. The van der Waals surface area contributed by atoms with Crippen LogP contribution in [0.4, 0.5) is 0 Å². The highest BCUT2D eigenvalue weighted by Gasteiger charge is 2.07. The average molecular weight is 404 g/mol. The number of carbonyl (C=O) groups is 1. The van der Waals surface area contributed by atoms with Gasteiger partial charge in [0, 0.05) is 42.9 Å². The summed E-state index contributed by atoms with van der Waals surface area (Å²) in [6.45, 7) is 1.64. The lowest BCUT2D eigenvalue weighted by molar-refractivity contribution is -0.121. The Labute approximate surface area is 152 Å². The maximum Gasteiger partial charge on any atom is 0.261 e. The molecule has 0 spiro atoms. The van der Waals surface area contributed by atoms with E-state index in [1.807, 2.05) is 23.0 Å². The van der Waals surface area contributed by atoms with Crippen LogP contribution in [0.5, 0.6) is 0 Å². The minimum Gasteiger partial charge on any atom is -0.356 e. The standard InChI is InChI=1S/C17H18BrN5O2/c18-13-3-4-15-14(11-13)17(25)22(12-20-15)10-5-16(24)19-6-1-8-23-9-2-7-21-23/h2-4,7,9,11-12H,1,5-6,8,10H2,(H,19,24). The quantitative estimate of drug-likeness (QED) is 0.611. The molecule has 1 amide bonds. The lowest BCUT2D eigenvalue weighted by atomic mass is 10.2. The number of fused-ring (bicyclic) bond motifs is 1. The molecule has 130 valence electrons. The van der Waals surface area contributed by atoms with Gasteiger partial charge in [-0.2, -0.15) is 5.10 Å². The van der Waals surface area contributed by atoms with Crippen molar-refractivity contribution in [3.05, 3.63) is 57.8 Å². The Morgan fingerprint density at radius 1 is 1.28 bits per heavy atom.